The number of carbonyl (C=O) groups excluding carboxylic acids is 1. The minimum absolute atomic E-state index is 0.159. The molecule has 0 aliphatic carbocycles. The Bertz CT molecular complexity index is 964. The number of anilines is 1. The van der Waals surface area contributed by atoms with Gasteiger partial charge in [-0.3, -0.25) is 4.79 Å². The van der Waals surface area contributed by atoms with Crippen LogP contribution in [0.1, 0.15) is 0 Å². The van der Waals surface area contributed by atoms with E-state index < -0.39 is 0 Å². The number of nitrogens with zero attached hydrogens (tertiary/aromatic N) is 2. The fourth-order valence-electron chi connectivity index (χ4n) is 2.88. The lowest BCUT2D eigenvalue weighted by molar-refractivity contribution is -0.113. The fraction of sp³-hybridized carbons (Fsp3) is 0.238. The van der Waals surface area contributed by atoms with E-state index in [1.807, 2.05) is 48.1 Å². The van der Waals surface area contributed by atoms with Gasteiger partial charge < -0.3 is 24.1 Å². The Morgan fingerprint density at radius 3 is 2.31 bits per heavy atom. The molecule has 152 valence electrons. The zero-order chi connectivity index (χ0) is 20.8. The standard InChI is InChI=1S/C21H23N3O4S/c1-24-16(14-8-6-5-7-9-14)12-22-21(24)29-13-19(25)23-15-10-17(26-2)20(28-4)18(11-15)27-3/h5-12H,13H2,1-4H3,(H,23,25). The summed E-state index contributed by atoms with van der Waals surface area (Å²) in [6.07, 6.45) is 1.81. The molecule has 0 aliphatic rings. The highest BCUT2D eigenvalue weighted by atomic mass is 32.2. The van der Waals surface area contributed by atoms with Crippen molar-refractivity contribution in [3.8, 4) is 28.5 Å². The molecule has 0 aliphatic heterocycles. The van der Waals surface area contributed by atoms with E-state index in [1.54, 1.807) is 12.1 Å². The van der Waals surface area contributed by atoms with Crippen molar-refractivity contribution >= 4 is 23.4 Å². The quantitative estimate of drug-likeness (QED) is 0.566. The fourth-order valence-corrected chi connectivity index (χ4v) is 3.64. The number of hydrogen-bond acceptors (Lipinski definition) is 6. The molecule has 7 nitrogen and oxygen atoms in total. The number of hydrogen-bond donors (Lipinski definition) is 1. The Labute approximate surface area is 174 Å². The molecule has 0 unspecified atom stereocenters. The third kappa shape index (κ3) is 4.65. The predicted molar refractivity (Wildman–Crippen MR) is 114 cm³/mol. The summed E-state index contributed by atoms with van der Waals surface area (Å²) in [4.78, 5) is 16.9. The van der Waals surface area contributed by atoms with Crippen LogP contribution >= 0.6 is 11.8 Å². The molecule has 29 heavy (non-hydrogen) atoms. The SMILES string of the molecule is COc1cc(NC(=O)CSc2ncc(-c3ccccc3)n2C)cc(OC)c1OC. The molecule has 0 saturated carbocycles. The molecule has 0 spiro atoms. The van der Waals surface area contributed by atoms with Gasteiger partial charge in [0.15, 0.2) is 16.7 Å². The van der Waals surface area contributed by atoms with Crippen LogP contribution in [-0.4, -0.2) is 42.5 Å². The number of rotatable bonds is 8. The summed E-state index contributed by atoms with van der Waals surface area (Å²) in [5.74, 6) is 1.49. The first-order valence-corrected chi connectivity index (χ1v) is 9.85. The maximum atomic E-state index is 12.4. The van der Waals surface area contributed by atoms with Crippen LogP contribution in [0.5, 0.6) is 17.2 Å². The summed E-state index contributed by atoms with van der Waals surface area (Å²) in [5, 5.41) is 3.63. The van der Waals surface area contributed by atoms with E-state index in [9.17, 15) is 4.79 Å². The summed E-state index contributed by atoms with van der Waals surface area (Å²) in [6, 6.07) is 13.4. The van der Waals surface area contributed by atoms with Crippen LogP contribution in [0.3, 0.4) is 0 Å². The monoisotopic (exact) mass is 413 g/mol. The van der Waals surface area contributed by atoms with Crippen LogP contribution in [-0.2, 0) is 11.8 Å². The van der Waals surface area contributed by atoms with Gasteiger partial charge in [-0.1, -0.05) is 42.1 Å². The van der Waals surface area contributed by atoms with Gasteiger partial charge in [0.25, 0.3) is 0 Å². The van der Waals surface area contributed by atoms with Crippen molar-refractivity contribution in [2.24, 2.45) is 7.05 Å². The number of thioether (sulfide) groups is 1. The molecule has 1 aromatic heterocycles. The van der Waals surface area contributed by atoms with Gasteiger partial charge in [-0.2, -0.15) is 0 Å². The first kappa shape index (κ1) is 20.6. The summed E-state index contributed by atoms with van der Waals surface area (Å²) in [5.41, 5.74) is 2.64. The Kier molecular flexibility index (Phi) is 6.66. The van der Waals surface area contributed by atoms with E-state index in [-0.39, 0.29) is 11.7 Å². The minimum Gasteiger partial charge on any atom is -0.493 e. The molecular formula is C21H23N3O4S. The summed E-state index contributed by atoms with van der Waals surface area (Å²) in [6.45, 7) is 0. The molecule has 0 fully saturated rings. The topological polar surface area (TPSA) is 74.6 Å². The lowest BCUT2D eigenvalue weighted by atomic mass is 10.2. The van der Waals surface area contributed by atoms with Crippen molar-refractivity contribution in [1.29, 1.82) is 0 Å². The van der Waals surface area contributed by atoms with Crippen LogP contribution in [0.25, 0.3) is 11.3 Å². The molecule has 1 heterocycles. The van der Waals surface area contributed by atoms with Crippen molar-refractivity contribution in [2.75, 3.05) is 32.4 Å². The second-order valence-corrected chi connectivity index (χ2v) is 7.04. The first-order chi connectivity index (χ1) is 14.1. The Hall–Kier alpha value is -3.13. The van der Waals surface area contributed by atoms with Crippen molar-refractivity contribution in [1.82, 2.24) is 9.55 Å². The number of nitrogens with one attached hydrogen (secondary N) is 1. The predicted octanol–water partition coefficient (Wildman–Crippen LogP) is 3.84. The number of ether oxygens (including phenoxy) is 3. The Balaban J connectivity index is 1.67. The average Bonchev–Trinajstić information content (AvgIpc) is 3.12. The van der Waals surface area contributed by atoms with Gasteiger partial charge in [-0.05, 0) is 5.56 Å². The van der Waals surface area contributed by atoms with Gasteiger partial charge in [0, 0.05) is 24.9 Å². The molecule has 3 aromatic rings. The normalized spacial score (nSPS) is 10.5. The third-order valence-electron chi connectivity index (χ3n) is 4.30. The minimum atomic E-state index is -0.159. The van der Waals surface area contributed by atoms with Crippen molar-refractivity contribution in [2.45, 2.75) is 5.16 Å². The van der Waals surface area contributed by atoms with Crippen LogP contribution in [0, 0.1) is 0 Å². The van der Waals surface area contributed by atoms with Crippen LogP contribution in [0.15, 0.2) is 53.8 Å². The van der Waals surface area contributed by atoms with E-state index in [4.69, 9.17) is 14.2 Å². The van der Waals surface area contributed by atoms with Gasteiger partial charge in [-0.15, -0.1) is 0 Å². The molecule has 1 amide bonds. The largest absolute Gasteiger partial charge is 0.493 e. The summed E-state index contributed by atoms with van der Waals surface area (Å²) < 4.78 is 17.9. The third-order valence-corrected chi connectivity index (χ3v) is 5.34. The van der Waals surface area contributed by atoms with E-state index in [1.165, 1.54) is 33.1 Å². The van der Waals surface area contributed by atoms with Crippen LogP contribution < -0.4 is 19.5 Å². The first-order valence-electron chi connectivity index (χ1n) is 8.87. The highest BCUT2D eigenvalue weighted by Crippen LogP contribution is 2.40. The molecule has 8 heteroatoms. The lowest BCUT2D eigenvalue weighted by Gasteiger charge is -2.14. The average molecular weight is 413 g/mol. The van der Waals surface area contributed by atoms with Gasteiger partial charge in [-0.25, -0.2) is 4.98 Å². The number of imidazole rings is 1. The molecule has 1 N–H and O–H groups in total. The molecule has 0 bridgehead atoms. The molecule has 0 radical (unpaired) electrons. The highest BCUT2D eigenvalue weighted by Gasteiger charge is 2.15. The highest BCUT2D eigenvalue weighted by molar-refractivity contribution is 7.99. The van der Waals surface area contributed by atoms with Gasteiger partial charge in [0.05, 0.1) is 39.0 Å². The zero-order valence-corrected chi connectivity index (χ0v) is 17.6. The maximum absolute atomic E-state index is 12.4. The molecule has 2 aromatic carbocycles. The summed E-state index contributed by atoms with van der Waals surface area (Å²) in [7, 11) is 6.54. The lowest BCUT2D eigenvalue weighted by Crippen LogP contribution is -2.14. The van der Waals surface area contributed by atoms with E-state index in [0.717, 1.165) is 16.4 Å². The number of benzene rings is 2. The van der Waals surface area contributed by atoms with Crippen LogP contribution in [0.2, 0.25) is 0 Å². The van der Waals surface area contributed by atoms with Crippen molar-refractivity contribution in [3.63, 3.8) is 0 Å². The maximum Gasteiger partial charge on any atom is 0.234 e. The van der Waals surface area contributed by atoms with Gasteiger partial charge in [0.1, 0.15) is 0 Å². The van der Waals surface area contributed by atoms with E-state index in [2.05, 4.69) is 10.3 Å². The number of methoxy groups -OCH3 is 3. The number of carbonyl (C=O) groups is 1. The Morgan fingerprint density at radius 2 is 1.72 bits per heavy atom. The second-order valence-electron chi connectivity index (χ2n) is 6.10. The van der Waals surface area contributed by atoms with Crippen molar-refractivity contribution < 1.29 is 19.0 Å². The smallest absolute Gasteiger partial charge is 0.234 e. The molecular weight excluding hydrogens is 390 g/mol. The summed E-state index contributed by atoms with van der Waals surface area (Å²) >= 11 is 1.37. The number of aromatic nitrogens is 2. The van der Waals surface area contributed by atoms with E-state index in [0.29, 0.717) is 22.9 Å². The second kappa shape index (κ2) is 9.38. The van der Waals surface area contributed by atoms with Crippen molar-refractivity contribution in [3.05, 3.63) is 48.7 Å². The van der Waals surface area contributed by atoms with Crippen LogP contribution in [0.4, 0.5) is 5.69 Å². The van der Waals surface area contributed by atoms with Gasteiger partial charge >= 0.3 is 0 Å². The zero-order valence-electron chi connectivity index (χ0n) is 16.8. The Morgan fingerprint density at radius 1 is 1.07 bits per heavy atom. The van der Waals surface area contributed by atoms with E-state index >= 15 is 0 Å². The molecule has 0 atom stereocenters. The molecule has 3 rings (SSSR count). The molecule has 0 saturated heterocycles. The van der Waals surface area contributed by atoms with Gasteiger partial charge in [0.2, 0.25) is 11.7 Å². The number of amides is 1.